The average molecular weight is 246 g/mol. The van der Waals surface area contributed by atoms with Crippen LogP contribution in [0.2, 0.25) is 0 Å². The van der Waals surface area contributed by atoms with Crippen LogP contribution in [0, 0.1) is 11.8 Å². The van der Waals surface area contributed by atoms with E-state index in [9.17, 15) is 9.59 Å². The van der Waals surface area contributed by atoms with E-state index in [0.29, 0.717) is 39.6 Å². The van der Waals surface area contributed by atoms with Crippen molar-refractivity contribution in [3.05, 3.63) is 0 Å². The fraction of sp³-hybridized carbons (Fsp3) is 0.800. The Hall–Kier alpha value is -1.50. The Bertz CT molecular complexity index is 242. The minimum Gasteiger partial charge on any atom is -0.434 e. The van der Waals surface area contributed by atoms with Gasteiger partial charge < -0.3 is 23.7 Å². The summed E-state index contributed by atoms with van der Waals surface area (Å²) in [6.07, 6.45) is -1.26. The summed E-state index contributed by atoms with van der Waals surface area (Å²) in [6, 6.07) is 0. The first-order valence-corrected chi connectivity index (χ1v) is 5.41. The van der Waals surface area contributed by atoms with E-state index < -0.39 is 12.3 Å². The molecular weight excluding hydrogens is 232 g/mol. The number of carbonyl (C=O) groups excluding carboxylic acids is 2. The van der Waals surface area contributed by atoms with E-state index in [0.717, 1.165) is 0 Å². The Morgan fingerprint density at radius 3 is 1.53 bits per heavy atom. The normalized spacial score (nSPS) is 22.4. The summed E-state index contributed by atoms with van der Waals surface area (Å²) in [4.78, 5) is 21.2. The van der Waals surface area contributed by atoms with Crippen molar-refractivity contribution in [3.8, 4) is 0 Å². The molecule has 0 aromatic rings. The van der Waals surface area contributed by atoms with Crippen molar-refractivity contribution < 1.29 is 33.3 Å². The second-order valence-corrected chi connectivity index (χ2v) is 4.01. The van der Waals surface area contributed by atoms with E-state index in [1.54, 1.807) is 0 Å². The standard InChI is InChI=1S/C10H14O7/c11-9-14-3-7(4-15-9)1-13-2-8-5-16-10(12)17-6-8/h7-8H,1-6H2. The van der Waals surface area contributed by atoms with Gasteiger partial charge in [-0.05, 0) is 0 Å². The van der Waals surface area contributed by atoms with Crippen molar-refractivity contribution in [1.82, 2.24) is 0 Å². The van der Waals surface area contributed by atoms with Gasteiger partial charge >= 0.3 is 12.3 Å². The van der Waals surface area contributed by atoms with Gasteiger partial charge in [0.2, 0.25) is 0 Å². The van der Waals surface area contributed by atoms with Crippen LogP contribution in [0.5, 0.6) is 0 Å². The molecule has 2 fully saturated rings. The lowest BCUT2D eigenvalue weighted by Gasteiger charge is -2.24. The number of cyclic esters (lactones) is 4. The van der Waals surface area contributed by atoms with Gasteiger partial charge in [0.1, 0.15) is 26.4 Å². The number of hydrogen-bond donors (Lipinski definition) is 0. The smallest absolute Gasteiger partial charge is 0.434 e. The van der Waals surface area contributed by atoms with E-state index >= 15 is 0 Å². The SMILES string of the molecule is O=C1OCC(COCC2COC(=O)OC2)CO1. The molecule has 17 heavy (non-hydrogen) atoms. The third kappa shape index (κ3) is 3.77. The molecule has 0 unspecified atom stereocenters. The molecule has 2 aliphatic rings. The number of hydrogen-bond acceptors (Lipinski definition) is 7. The lowest BCUT2D eigenvalue weighted by molar-refractivity contribution is -0.0635. The summed E-state index contributed by atoms with van der Waals surface area (Å²) in [5.74, 6) is 0.111. The summed E-state index contributed by atoms with van der Waals surface area (Å²) >= 11 is 0. The van der Waals surface area contributed by atoms with Crippen LogP contribution in [0.3, 0.4) is 0 Å². The Morgan fingerprint density at radius 1 is 0.824 bits per heavy atom. The zero-order chi connectivity index (χ0) is 12.1. The highest BCUT2D eigenvalue weighted by atomic mass is 16.7. The number of carbonyl (C=O) groups is 2. The Labute approximate surface area is 97.9 Å². The monoisotopic (exact) mass is 246 g/mol. The summed E-state index contributed by atoms with van der Waals surface area (Å²) in [7, 11) is 0. The summed E-state index contributed by atoms with van der Waals surface area (Å²) in [5.41, 5.74) is 0. The third-order valence-corrected chi connectivity index (χ3v) is 2.45. The molecule has 2 rings (SSSR count). The molecule has 96 valence electrons. The molecule has 0 aliphatic carbocycles. The second-order valence-electron chi connectivity index (χ2n) is 4.01. The first-order chi connectivity index (χ1) is 8.24. The van der Waals surface area contributed by atoms with Crippen molar-refractivity contribution >= 4 is 12.3 Å². The third-order valence-electron chi connectivity index (χ3n) is 2.45. The lowest BCUT2D eigenvalue weighted by atomic mass is 10.1. The Morgan fingerprint density at radius 2 is 1.18 bits per heavy atom. The Kier molecular flexibility index (Phi) is 4.03. The van der Waals surface area contributed by atoms with E-state index in [1.807, 2.05) is 0 Å². The molecule has 7 nitrogen and oxygen atoms in total. The van der Waals surface area contributed by atoms with Gasteiger partial charge in [-0.3, -0.25) is 0 Å². The molecule has 0 radical (unpaired) electrons. The minimum absolute atomic E-state index is 0.0553. The lowest BCUT2D eigenvalue weighted by Crippen LogP contribution is -2.33. The second kappa shape index (κ2) is 5.72. The minimum atomic E-state index is -0.631. The van der Waals surface area contributed by atoms with E-state index in [2.05, 4.69) is 0 Å². The fourth-order valence-electron chi connectivity index (χ4n) is 1.52. The van der Waals surface area contributed by atoms with Crippen molar-refractivity contribution in [2.45, 2.75) is 0 Å². The highest BCUT2D eigenvalue weighted by molar-refractivity contribution is 5.60. The maximum absolute atomic E-state index is 10.6. The molecule has 2 heterocycles. The van der Waals surface area contributed by atoms with Crippen LogP contribution >= 0.6 is 0 Å². The van der Waals surface area contributed by atoms with Crippen LogP contribution < -0.4 is 0 Å². The molecule has 0 spiro atoms. The quantitative estimate of drug-likeness (QED) is 0.671. The molecule has 0 saturated carbocycles. The molecule has 0 aromatic heterocycles. The van der Waals surface area contributed by atoms with Crippen molar-refractivity contribution in [2.75, 3.05) is 39.6 Å². The van der Waals surface area contributed by atoms with Crippen LogP contribution in [0.4, 0.5) is 9.59 Å². The summed E-state index contributed by atoms with van der Waals surface area (Å²) in [6.45, 7) is 2.14. The van der Waals surface area contributed by atoms with E-state index in [1.165, 1.54) is 0 Å². The summed E-state index contributed by atoms with van der Waals surface area (Å²) < 4.78 is 24.3. The molecular formula is C10H14O7. The first-order valence-electron chi connectivity index (χ1n) is 5.41. The van der Waals surface area contributed by atoms with Gasteiger partial charge in [-0.15, -0.1) is 0 Å². The van der Waals surface area contributed by atoms with Crippen LogP contribution in [0.1, 0.15) is 0 Å². The zero-order valence-corrected chi connectivity index (χ0v) is 9.26. The van der Waals surface area contributed by atoms with Crippen LogP contribution in [0.15, 0.2) is 0 Å². The van der Waals surface area contributed by atoms with Gasteiger partial charge in [-0.25, -0.2) is 9.59 Å². The zero-order valence-electron chi connectivity index (χ0n) is 9.26. The van der Waals surface area contributed by atoms with Crippen molar-refractivity contribution in [3.63, 3.8) is 0 Å². The predicted molar refractivity (Wildman–Crippen MR) is 52.4 cm³/mol. The maximum Gasteiger partial charge on any atom is 0.508 e. The maximum atomic E-state index is 10.6. The van der Waals surface area contributed by atoms with Crippen molar-refractivity contribution in [2.24, 2.45) is 11.8 Å². The highest BCUT2D eigenvalue weighted by Crippen LogP contribution is 2.11. The molecule has 7 heteroatoms. The first kappa shape index (κ1) is 12.0. The van der Waals surface area contributed by atoms with Gasteiger partial charge in [-0.1, -0.05) is 0 Å². The Balaban J connectivity index is 1.56. The molecule has 2 saturated heterocycles. The molecule has 0 N–H and O–H groups in total. The van der Waals surface area contributed by atoms with Gasteiger partial charge in [0.25, 0.3) is 0 Å². The van der Waals surface area contributed by atoms with Crippen molar-refractivity contribution in [1.29, 1.82) is 0 Å². The predicted octanol–water partition coefficient (Wildman–Crippen LogP) is 0.569. The van der Waals surface area contributed by atoms with Gasteiger partial charge in [-0.2, -0.15) is 0 Å². The number of ether oxygens (including phenoxy) is 5. The molecule has 0 atom stereocenters. The van der Waals surface area contributed by atoms with Gasteiger partial charge in [0.15, 0.2) is 0 Å². The highest BCUT2D eigenvalue weighted by Gasteiger charge is 2.24. The van der Waals surface area contributed by atoms with Crippen LogP contribution in [0.25, 0.3) is 0 Å². The number of rotatable bonds is 4. The average Bonchev–Trinajstić information content (AvgIpc) is 2.34. The fourth-order valence-corrected chi connectivity index (χ4v) is 1.52. The molecule has 0 bridgehead atoms. The van der Waals surface area contributed by atoms with E-state index in [-0.39, 0.29) is 11.8 Å². The van der Waals surface area contributed by atoms with Crippen LogP contribution in [-0.2, 0) is 23.7 Å². The molecule has 0 amide bonds. The van der Waals surface area contributed by atoms with Gasteiger partial charge in [0, 0.05) is 0 Å². The van der Waals surface area contributed by atoms with Crippen LogP contribution in [-0.4, -0.2) is 52.0 Å². The molecule has 2 aliphatic heterocycles. The topological polar surface area (TPSA) is 80.3 Å². The molecule has 0 aromatic carbocycles. The summed E-state index contributed by atoms with van der Waals surface area (Å²) in [5, 5.41) is 0. The van der Waals surface area contributed by atoms with E-state index in [4.69, 9.17) is 23.7 Å². The largest absolute Gasteiger partial charge is 0.508 e. The van der Waals surface area contributed by atoms with Gasteiger partial charge in [0.05, 0.1) is 25.0 Å².